The molecule has 0 amide bonds. The lowest BCUT2D eigenvalue weighted by Gasteiger charge is -2.25. The van der Waals surface area contributed by atoms with Crippen LogP contribution in [0.4, 0.5) is 15.9 Å². The number of pyridine rings is 1. The normalized spacial score (nSPS) is 10.5. The van der Waals surface area contributed by atoms with Gasteiger partial charge in [0.25, 0.3) is 0 Å². The first-order valence-corrected chi connectivity index (χ1v) is 6.97. The number of rotatable bonds is 6. The van der Waals surface area contributed by atoms with Gasteiger partial charge >= 0.3 is 0 Å². The molecule has 4 nitrogen and oxygen atoms in total. The molecule has 21 heavy (non-hydrogen) atoms. The largest absolute Gasteiger partial charge is 0.495 e. The van der Waals surface area contributed by atoms with Gasteiger partial charge in [0.1, 0.15) is 5.75 Å². The SMILES string of the molecule is COc1ccccc1N(CCCN)c1ncc(Cl)cc1F. The highest BCUT2D eigenvalue weighted by Crippen LogP contribution is 2.34. The third kappa shape index (κ3) is 3.62. The number of benzene rings is 1. The summed E-state index contributed by atoms with van der Waals surface area (Å²) in [5.41, 5.74) is 6.31. The molecule has 6 heteroatoms. The maximum atomic E-state index is 14.2. The number of ether oxygens (including phenoxy) is 1. The molecule has 0 atom stereocenters. The van der Waals surface area contributed by atoms with Crippen molar-refractivity contribution in [2.24, 2.45) is 5.73 Å². The van der Waals surface area contributed by atoms with Gasteiger partial charge in [-0.2, -0.15) is 0 Å². The van der Waals surface area contributed by atoms with Crippen molar-refractivity contribution in [3.05, 3.63) is 47.4 Å². The number of nitrogens with two attached hydrogens (primary N) is 1. The van der Waals surface area contributed by atoms with Crippen molar-refractivity contribution in [3.63, 3.8) is 0 Å². The first-order chi connectivity index (χ1) is 10.2. The second-order valence-electron chi connectivity index (χ2n) is 4.42. The van der Waals surface area contributed by atoms with Crippen LogP contribution in [-0.2, 0) is 0 Å². The molecule has 1 heterocycles. The zero-order valence-corrected chi connectivity index (χ0v) is 12.5. The Bertz CT molecular complexity index is 609. The summed E-state index contributed by atoms with van der Waals surface area (Å²) in [4.78, 5) is 5.85. The Morgan fingerprint density at radius 1 is 1.38 bits per heavy atom. The molecule has 0 saturated carbocycles. The number of methoxy groups -OCH3 is 1. The van der Waals surface area contributed by atoms with Crippen molar-refractivity contribution in [2.45, 2.75) is 6.42 Å². The quantitative estimate of drug-likeness (QED) is 0.889. The van der Waals surface area contributed by atoms with Crippen LogP contribution in [0.1, 0.15) is 6.42 Å². The maximum Gasteiger partial charge on any atom is 0.169 e. The molecule has 2 rings (SSSR count). The number of halogens is 2. The van der Waals surface area contributed by atoms with E-state index in [9.17, 15) is 4.39 Å². The fourth-order valence-corrected chi connectivity index (χ4v) is 2.19. The van der Waals surface area contributed by atoms with Crippen molar-refractivity contribution >= 4 is 23.1 Å². The van der Waals surface area contributed by atoms with Crippen LogP contribution >= 0.6 is 11.6 Å². The van der Waals surface area contributed by atoms with Crippen LogP contribution in [0, 0.1) is 5.82 Å². The van der Waals surface area contributed by atoms with E-state index < -0.39 is 5.82 Å². The van der Waals surface area contributed by atoms with E-state index in [1.165, 1.54) is 12.3 Å². The van der Waals surface area contributed by atoms with E-state index in [4.69, 9.17) is 22.1 Å². The number of anilines is 2. The number of hydrogen-bond acceptors (Lipinski definition) is 4. The van der Waals surface area contributed by atoms with Gasteiger partial charge in [0.05, 0.1) is 17.8 Å². The highest BCUT2D eigenvalue weighted by molar-refractivity contribution is 6.30. The highest BCUT2D eigenvalue weighted by atomic mass is 35.5. The Balaban J connectivity index is 2.47. The number of hydrogen-bond donors (Lipinski definition) is 1. The number of aromatic nitrogens is 1. The van der Waals surface area contributed by atoms with Gasteiger partial charge < -0.3 is 15.4 Å². The minimum absolute atomic E-state index is 0.206. The molecule has 0 radical (unpaired) electrons. The van der Waals surface area contributed by atoms with E-state index >= 15 is 0 Å². The monoisotopic (exact) mass is 309 g/mol. The van der Waals surface area contributed by atoms with Crippen molar-refractivity contribution in [3.8, 4) is 5.75 Å². The van der Waals surface area contributed by atoms with Gasteiger partial charge in [-0.05, 0) is 31.2 Å². The molecule has 0 aliphatic heterocycles. The molecule has 1 aromatic carbocycles. The van der Waals surface area contributed by atoms with Crippen molar-refractivity contribution in [1.82, 2.24) is 4.98 Å². The average molecular weight is 310 g/mol. The molecule has 0 aliphatic rings. The highest BCUT2D eigenvalue weighted by Gasteiger charge is 2.18. The summed E-state index contributed by atoms with van der Waals surface area (Å²) in [6.07, 6.45) is 2.12. The second kappa shape index (κ2) is 7.24. The Hall–Kier alpha value is -1.85. The van der Waals surface area contributed by atoms with Gasteiger partial charge in [-0.25, -0.2) is 9.37 Å². The minimum atomic E-state index is -0.481. The summed E-state index contributed by atoms with van der Waals surface area (Å²) >= 11 is 5.76. The van der Waals surface area contributed by atoms with Crippen LogP contribution in [0.25, 0.3) is 0 Å². The second-order valence-corrected chi connectivity index (χ2v) is 4.86. The van der Waals surface area contributed by atoms with E-state index in [-0.39, 0.29) is 10.8 Å². The molecule has 0 spiro atoms. The topological polar surface area (TPSA) is 51.4 Å². The number of para-hydroxylation sites is 2. The first kappa shape index (κ1) is 15.5. The van der Waals surface area contributed by atoms with Crippen LogP contribution in [0.2, 0.25) is 5.02 Å². The summed E-state index contributed by atoms with van der Waals surface area (Å²) in [6, 6.07) is 8.63. The Morgan fingerprint density at radius 3 is 2.81 bits per heavy atom. The first-order valence-electron chi connectivity index (χ1n) is 6.59. The lowest BCUT2D eigenvalue weighted by atomic mass is 10.2. The van der Waals surface area contributed by atoms with Crippen molar-refractivity contribution in [2.75, 3.05) is 25.1 Å². The molecular weight excluding hydrogens is 293 g/mol. The summed E-state index contributed by atoms with van der Waals surface area (Å²) in [5, 5.41) is 0.259. The summed E-state index contributed by atoms with van der Waals surface area (Å²) in [7, 11) is 1.57. The third-order valence-corrected chi connectivity index (χ3v) is 3.21. The smallest absolute Gasteiger partial charge is 0.169 e. The Labute approximate surface area is 128 Å². The standard InChI is InChI=1S/C15H17ClFN3O/c1-21-14-6-3-2-5-13(14)20(8-4-7-18)15-12(17)9-11(16)10-19-15/h2-3,5-6,9-10H,4,7-8,18H2,1H3. The van der Waals surface area contributed by atoms with Crippen LogP contribution in [0.5, 0.6) is 5.75 Å². The molecule has 0 aliphatic carbocycles. The zero-order chi connectivity index (χ0) is 15.2. The van der Waals surface area contributed by atoms with Crippen LogP contribution < -0.4 is 15.4 Å². The van der Waals surface area contributed by atoms with Gasteiger partial charge in [-0.15, -0.1) is 0 Å². The van der Waals surface area contributed by atoms with Crippen LogP contribution in [0.15, 0.2) is 36.5 Å². The molecular formula is C15H17ClFN3O. The van der Waals surface area contributed by atoms with Crippen LogP contribution in [-0.4, -0.2) is 25.2 Å². The van der Waals surface area contributed by atoms with Crippen molar-refractivity contribution in [1.29, 1.82) is 0 Å². The molecule has 0 saturated heterocycles. The molecule has 2 aromatic rings. The van der Waals surface area contributed by atoms with Gasteiger partial charge in [-0.3, -0.25) is 0 Å². The summed E-state index contributed by atoms with van der Waals surface area (Å²) in [5.74, 6) is 0.369. The van der Waals surface area contributed by atoms with Gasteiger partial charge in [0.2, 0.25) is 0 Å². The molecule has 2 N–H and O–H groups in total. The van der Waals surface area contributed by atoms with E-state index in [0.717, 1.165) is 5.69 Å². The summed E-state index contributed by atoms with van der Waals surface area (Å²) < 4.78 is 19.5. The lowest BCUT2D eigenvalue weighted by molar-refractivity contribution is 0.415. The summed E-state index contributed by atoms with van der Waals surface area (Å²) in [6.45, 7) is 1.03. The molecule has 0 bridgehead atoms. The lowest BCUT2D eigenvalue weighted by Crippen LogP contribution is -2.23. The predicted octanol–water partition coefficient (Wildman–Crippen LogP) is 3.37. The molecule has 112 valence electrons. The van der Waals surface area contributed by atoms with E-state index in [1.54, 1.807) is 12.0 Å². The van der Waals surface area contributed by atoms with Gasteiger partial charge in [0, 0.05) is 12.7 Å². The predicted molar refractivity (Wildman–Crippen MR) is 82.9 cm³/mol. The van der Waals surface area contributed by atoms with Crippen molar-refractivity contribution < 1.29 is 9.13 Å². The van der Waals surface area contributed by atoms with Gasteiger partial charge in [0.15, 0.2) is 11.6 Å². The Kier molecular flexibility index (Phi) is 5.36. The molecule has 0 unspecified atom stereocenters. The number of nitrogens with zero attached hydrogens (tertiary/aromatic N) is 2. The van der Waals surface area contributed by atoms with E-state index in [0.29, 0.717) is 25.3 Å². The minimum Gasteiger partial charge on any atom is -0.495 e. The third-order valence-electron chi connectivity index (χ3n) is 3.01. The Morgan fingerprint density at radius 2 is 2.14 bits per heavy atom. The van der Waals surface area contributed by atoms with Crippen LogP contribution in [0.3, 0.4) is 0 Å². The van der Waals surface area contributed by atoms with E-state index in [1.807, 2.05) is 24.3 Å². The molecule has 0 fully saturated rings. The zero-order valence-electron chi connectivity index (χ0n) is 11.7. The maximum absolute atomic E-state index is 14.2. The fourth-order valence-electron chi connectivity index (χ4n) is 2.05. The van der Waals surface area contributed by atoms with E-state index in [2.05, 4.69) is 4.98 Å². The fraction of sp³-hybridized carbons (Fsp3) is 0.267. The van der Waals surface area contributed by atoms with Gasteiger partial charge in [-0.1, -0.05) is 23.7 Å². The average Bonchev–Trinajstić information content (AvgIpc) is 2.49. The molecule has 1 aromatic heterocycles.